The highest BCUT2D eigenvalue weighted by molar-refractivity contribution is 5.59. The van der Waals surface area contributed by atoms with Crippen LogP contribution in [0.2, 0.25) is 0 Å². The van der Waals surface area contributed by atoms with Crippen LogP contribution >= 0.6 is 0 Å². The van der Waals surface area contributed by atoms with Crippen LogP contribution < -0.4 is 20.9 Å². The van der Waals surface area contributed by atoms with Gasteiger partial charge in [0.15, 0.2) is 0 Å². The van der Waals surface area contributed by atoms with E-state index in [-0.39, 0.29) is 0 Å². The summed E-state index contributed by atoms with van der Waals surface area (Å²) in [5.74, 6) is 1.67. The lowest BCUT2D eigenvalue weighted by Gasteiger charge is -2.27. The van der Waals surface area contributed by atoms with Crippen LogP contribution in [0.25, 0.3) is 0 Å². The molecule has 2 aromatic heterocycles. The highest BCUT2D eigenvalue weighted by atomic mass is 15.3. The molecule has 0 amide bonds. The van der Waals surface area contributed by atoms with Gasteiger partial charge >= 0.3 is 0 Å². The summed E-state index contributed by atoms with van der Waals surface area (Å²) >= 11 is 0. The molecule has 1 aromatic carbocycles. The van der Waals surface area contributed by atoms with E-state index < -0.39 is 0 Å². The molecule has 0 saturated carbocycles. The zero-order chi connectivity index (χ0) is 17.6. The molecule has 0 spiro atoms. The lowest BCUT2D eigenvalue weighted by atomic mass is 10.3. The summed E-state index contributed by atoms with van der Waals surface area (Å²) in [6, 6.07) is 13.6. The molecule has 1 aliphatic rings. The first-order valence-corrected chi connectivity index (χ1v) is 8.58. The number of nitrogens with one attached hydrogen (secondary N) is 3. The maximum atomic E-state index is 4.61. The first kappa shape index (κ1) is 16.2. The van der Waals surface area contributed by atoms with Crippen LogP contribution in [-0.2, 0) is 0 Å². The Hall–Kier alpha value is -3.26. The van der Waals surface area contributed by atoms with Crippen molar-refractivity contribution in [3.63, 3.8) is 0 Å². The predicted molar refractivity (Wildman–Crippen MR) is 102 cm³/mol. The van der Waals surface area contributed by atoms with Gasteiger partial charge in [-0.25, -0.2) is 0 Å². The van der Waals surface area contributed by atoms with Crippen molar-refractivity contribution in [1.29, 1.82) is 0 Å². The lowest BCUT2D eigenvalue weighted by molar-refractivity contribution is 0.579. The van der Waals surface area contributed by atoms with Crippen LogP contribution in [0.1, 0.15) is 0 Å². The van der Waals surface area contributed by atoms with Crippen molar-refractivity contribution in [3.8, 4) is 0 Å². The van der Waals surface area contributed by atoms with Gasteiger partial charge in [0.25, 0.3) is 0 Å². The van der Waals surface area contributed by atoms with Gasteiger partial charge in [-0.3, -0.25) is 4.98 Å². The minimum Gasteiger partial charge on any atom is -0.338 e. The molecule has 26 heavy (non-hydrogen) atoms. The second-order valence-electron chi connectivity index (χ2n) is 5.87. The number of pyridine rings is 1. The molecule has 3 heterocycles. The molecule has 0 radical (unpaired) electrons. The Morgan fingerprint density at radius 3 is 2.04 bits per heavy atom. The van der Waals surface area contributed by atoms with Crippen LogP contribution in [0.3, 0.4) is 0 Å². The van der Waals surface area contributed by atoms with Gasteiger partial charge in [0.2, 0.25) is 17.8 Å². The van der Waals surface area contributed by atoms with E-state index in [1.165, 1.54) is 0 Å². The van der Waals surface area contributed by atoms with Gasteiger partial charge in [-0.2, -0.15) is 15.0 Å². The van der Waals surface area contributed by atoms with E-state index in [9.17, 15) is 0 Å². The second-order valence-corrected chi connectivity index (χ2v) is 5.87. The van der Waals surface area contributed by atoms with Crippen LogP contribution in [0.4, 0.5) is 29.2 Å². The molecular weight excluding hydrogens is 328 g/mol. The van der Waals surface area contributed by atoms with Crippen LogP contribution in [0.15, 0.2) is 54.9 Å². The maximum absolute atomic E-state index is 4.61. The van der Waals surface area contributed by atoms with Crippen LogP contribution in [0.5, 0.6) is 0 Å². The standard InChI is InChI=1S/C18H20N8/c1-2-4-14(5-3-1)21-16-23-17(22-15-6-8-19-9-7-15)25-18(24-16)26-12-10-20-11-13-26/h1-9,20H,10-13H2,(H2,19,21,22,23,24,25). The van der Waals surface area contributed by atoms with Gasteiger partial charge < -0.3 is 20.9 Å². The summed E-state index contributed by atoms with van der Waals surface area (Å²) < 4.78 is 0. The Morgan fingerprint density at radius 2 is 1.38 bits per heavy atom. The second kappa shape index (κ2) is 7.75. The molecule has 3 N–H and O–H groups in total. The Bertz CT molecular complexity index is 775. The van der Waals surface area contributed by atoms with Crippen molar-refractivity contribution in [1.82, 2.24) is 25.3 Å². The van der Waals surface area contributed by atoms with Crippen molar-refractivity contribution in [2.45, 2.75) is 0 Å². The van der Waals surface area contributed by atoms with E-state index in [1.54, 1.807) is 12.4 Å². The van der Waals surface area contributed by atoms with Crippen LogP contribution in [0, 0.1) is 0 Å². The minimum absolute atomic E-state index is 0.498. The normalized spacial score (nSPS) is 14.1. The van der Waals surface area contributed by atoms with Gasteiger partial charge in [0.1, 0.15) is 0 Å². The summed E-state index contributed by atoms with van der Waals surface area (Å²) in [6.07, 6.45) is 3.45. The van der Waals surface area contributed by atoms with E-state index in [4.69, 9.17) is 0 Å². The molecule has 8 nitrogen and oxygen atoms in total. The van der Waals surface area contributed by atoms with Gasteiger partial charge in [-0.1, -0.05) is 18.2 Å². The van der Waals surface area contributed by atoms with E-state index >= 15 is 0 Å². The van der Waals surface area contributed by atoms with Crippen molar-refractivity contribution in [3.05, 3.63) is 54.9 Å². The Kier molecular flexibility index (Phi) is 4.83. The Labute approximate surface area is 151 Å². The zero-order valence-corrected chi connectivity index (χ0v) is 14.3. The first-order valence-electron chi connectivity index (χ1n) is 8.58. The monoisotopic (exact) mass is 348 g/mol. The molecule has 1 aliphatic heterocycles. The molecule has 0 bridgehead atoms. The summed E-state index contributed by atoms with van der Waals surface area (Å²) in [5, 5.41) is 9.82. The fraction of sp³-hybridized carbons (Fsp3) is 0.222. The van der Waals surface area contributed by atoms with Crippen molar-refractivity contribution in [2.75, 3.05) is 41.7 Å². The fourth-order valence-corrected chi connectivity index (χ4v) is 2.70. The molecule has 3 aromatic rings. The number of hydrogen-bond donors (Lipinski definition) is 3. The van der Waals surface area contributed by atoms with E-state index in [1.807, 2.05) is 42.5 Å². The molecule has 1 fully saturated rings. The van der Waals surface area contributed by atoms with Crippen molar-refractivity contribution >= 4 is 29.2 Å². The highest BCUT2D eigenvalue weighted by Crippen LogP contribution is 2.20. The number of anilines is 5. The number of aromatic nitrogens is 4. The quantitative estimate of drug-likeness (QED) is 0.646. The lowest BCUT2D eigenvalue weighted by Crippen LogP contribution is -2.44. The number of nitrogens with zero attached hydrogens (tertiary/aromatic N) is 5. The minimum atomic E-state index is 0.498. The molecular formula is C18H20N8. The van der Waals surface area contributed by atoms with Gasteiger partial charge in [0, 0.05) is 49.9 Å². The number of benzene rings is 1. The first-order chi connectivity index (χ1) is 12.9. The molecule has 1 saturated heterocycles. The topological polar surface area (TPSA) is 90.9 Å². The average Bonchev–Trinajstić information content (AvgIpc) is 2.70. The van der Waals surface area contributed by atoms with E-state index in [2.05, 4.69) is 40.8 Å². The van der Waals surface area contributed by atoms with Crippen molar-refractivity contribution in [2.24, 2.45) is 0 Å². The molecule has 0 unspecified atom stereocenters. The van der Waals surface area contributed by atoms with Gasteiger partial charge in [0.05, 0.1) is 0 Å². The Morgan fingerprint density at radius 1 is 0.769 bits per heavy atom. The smallest absolute Gasteiger partial charge is 0.233 e. The predicted octanol–water partition coefficient (Wildman–Crippen LogP) is 2.16. The third-order valence-electron chi connectivity index (χ3n) is 3.99. The highest BCUT2D eigenvalue weighted by Gasteiger charge is 2.16. The average molecular weight is 348 g/mol. The summed E-state index contributed by atoms with van der Waals surface area (Å²) in [6.45, 7) is 3.56. The summed E-state index contributed by atoms with van der Waals surface area (Å²) in [5.41, 5.74) is 1.81. The zero-order valence-electron chi connectivity index (χ0n) is 14.3. The fourth-order valence-electron chi connectivity index (χ4n) is 2.70. The summed E-state index contributed by atoms with van der Waals surface area (Å²) in [7, 11) is 0. The molecule has 4 rings (SSSR count). The third-order valence-corrected chi connectivity index (χ3v) is 3.99. The SMILES string of the molecule is c1ccc(Nc2nc(Nc3ccncc3)nc(N3CCNCC3)n2)cc1. The summed E-state index contributed by atoms with van der Waals surface area (Å²) in [4.78, 5) is 19.9. The van der Waals surface area contributed by atoms with Gasteiger partial charge in [-0.05, 0) is 24.3 Å². The van der Waals surface area contributed by atoms with Crippen LogP contribution in [-0.4, -0.2) is 46.1 Å². The molecule has 0 aliphatic carbocycles. The molecule has 8 heteroatoms. The molecule has 132 valence electrons. The number of para-hydroxylation sites is 1. The Balaban J connectivity index is 1.64. The largest absolute Gasteiger partial charge is 0.338 e. The maximum Gasteiger partial charge on any atom is 0.233 e. The van der Waals surface area contributed by atoms with Gasteiger partial charge in [-0.15, -0.1) is 0 Å². The van der Waals surface area contributed by atoms with Crippen molar-refractivity contribution < 1.29 is 0 Å². The third kappa shape index (κ3) is 4.04. The molecule has 0 atom stereocenters. The van der Waals surface area contributed by atoms with E-state index in [0.717, 1.165) is 37.6 Å². The number of rotatable bonds is 5. The van der Waals surface area contributed by atoms with E-state index in [0.29, 0.717) is 17.8 Å². The number of piperazine rings is 1. The number of hydrogen-bond acceptors (Lipinski definition) is 8.